The molecule has 1 aromatic heterocycles. The third kappa shape index (κ3) is 1.91. The summed E-state index contributed by atoms with van der Waals surface area (Å²) in [5.41, 5.74) is 11.9. The molecule has 1 amide bonds. The highest BCUT2D eigenvalue weighted by Crippen LogP contribution is 2.34. The fourth-order valence-corrected chi connectivity index (χ4v) is 2.39. The molecule has 4 N–H and O–H groups in total. The fourth-order valence-electron chi connectivity index (χ4n) is 2.39. The van der Waals surface area contributed by atoms with Gasteiger partial charge in [0.2, 0.25) is 0 Å². The topological polar surface area (TPSA) is 70.9 Å². The van der Waals surface area contributed by atoms with E-state index in [0.29, 0.717) is 11.3 Å². The lowest BCUT2D eigenvalue weighted by atomic mass is 10.0. The molecule has 0 saturated carbocycles. The molecule has 100 valence electrons. The Kier molecular flexibility index (Phi) is 2.45. The fraction of sp³-hybridized carbons (Fsp3) is 0.133. The molecular weight excluding hydrogens is 238 g/mol. The molecule has 0 bridgehead atoms. The van der Waals surface area contributed by atoms with Crippen LogP contribution in [0.3, 0.4) is 0 Å². The summed E-state index contributed by atoms with van der Waals surface area (Å²) in [4.78, 5) is 15.3. The normalized spacial score (nSPS) is 15.7. The smallest absolute Gasteiger partial charge is 0.256 e. The number of H-pyrrole nitrogens is 1. The van der Waals surface area contributed by atoms with Crippen molar-refractivity contribution in [3.8, 4) is 0 Å². The van der Waals surface area contributed by atoms with Crippen LogP contribution in [0.1, 0.15) is 25.4 Å². The number of aromatic amines is 1. The summed E-state index contributed by atoms with van der Waals surface area (Å²) in [5, 5.41) is 2.84. The third-order valence-corrected chi connectivity index (χ3v) is 3.30. The van der Waals surface area contributed by atoms with Gasteiger partial charge in [0.25, 0.3) is 5.91 Å². The number of fused-ring (bicyclic) bond motifs is 1. The Labute approximate surface area is 114 Å². The lowest BCUT2D eigenvalue weighted by molar-refractivity contribution is -0.110. The van der Waals surface area contributed by atoms with Crippen molar-refractivity contribution >= 4 is 28.9 Å². The van der Waals surface area contributed by atoms with Crippen LogP contribution in [0, 0.1) is 13.8 Å². The minimum atomic E-state index is -0.0905. The van der Waals surface area contributed by atoms with Gasteiger partial charge in [0, 0.05) is 31.2 Å². The lowest BCUT2D eigenvalue weighted by Crippen LogP contribution is -2.03. The van der Waals surface area contributed by atoms with E-state index in [9.17, 15) is 4.79 Å². The number of benzene rings is 1. The molecule has 1 aliphatic heterocycles. The zero-order valence-electron chi connectivity index (χ0n) is 10.9. The van der Waals surface area contributed by atoms with E-state index in [2.05, 4.69) is 16.4 Å². The highest BCUT2D eigenvalue weighted by molar-refractivity contribution is 6.35. The molecule has 2 heterocycles. The van der Waals surface area contributed by atoms with E-state index in [4.69, 9.17) is 5.73 Å². The number of aromatic nitrogens is 1. The zero-order chi connectivity index (χ0) is 13.6. The minimum absolute atomic E-state index is 0. The van der Waals surface area contributed by atoms with Crippen LogP contribution >= 0.6 is 0 Å². The molecule has 4 heteroatoms. The van der Waals surface area contributed by atoms with Crippen LogP contribution < -0.4 is 11.1 Å². The summed E-state index contributed by atoms with van der Waals surface area (Å²) in [5.74, 6) is -0.0905. The Morgan fingerprint density at radius 3 is 2.74 bits per heavy atom. The molecule has 4 nitrogen and oxygen atoms in total. The number of nitrogens with one attached hydrogen (secondary N) is 2. The third-order valence-electron chi connectivity index (χ3n) is 3.30. The van der Waals surface area contributed by atoms with Gasteiger partial charge < -0.3 is 16.0 Å². The Morgan fingerprint density at radius 1 is 1.26 bits per heavy atom. The maximum Gasteiger partial charge on any atom is 0.256 e. The first-order valence-corrected chi connectivity index (χ1v) is 6.14. The number of aryl methyl sites for hydroxylation is 2. The molecule has 0 saturated heterocycles. The number of amides is 1. The second kappa shape index (κ2) is 4.02. The van der Waals surface area contributed by atoms with E-state index in [-0.39, 0.29) is 8.76 Å². The highest BCUT2D eigenvalue weighted by Gasteiger charge is 2.24. The molecule has 0 fully saturated rings. The largest absolute Gasteiger partial charge is 0.399 e. The lowest BCUT2D eigenvalue weighted by Gasteiger charge is -2.00. The van der Waals surface area contributed by atoms with Gasteiger partial charge in [-0.25, -0.2) is 0 Å². The summed E-state index contributed by atoms with van der Waals surface area (Å²) in [6.45, 7) is 4.01. The zero-order valence-corrected chi connectivity index (χ0v) is 10.9. The molecule has 0 atom stereocenters. The highest BCUT2D eigenvalue weighted by atomic mass is 16.2. The Hall–Kier alpha value is -2.49. The number of hydrogen-bond acceptors (Lipinski definition) is 2. The number of nitrogens with two attached hydrogens (primary N) is 1. The first-order valence-electron chi connectivity index (χ1n) is 6.14. The van der Waals surface area contributed by atoms with Crippen LogP contribution in [0.4, 0.5) is 11.4 Å². The molecule has 0 radical (unpaired) electrons. The predicted octanol–water partition coefficient (Wildman–Crippen LogP) is 3.20. The number of rotatable bonds is 1. The summed E-state index contributed by atoms with van der Waals surface area (Å²) >= 11 is 0. The summed E-state index contributed by atoms with van der Waals surface area (Å²) < 4.78 is 0. The van der Waals surface area contributed by atoms with E-state index in [0.717, 1.165) is 28.2 Å². The Balaban J connectivity index is 0.00000110. The summed E-state index contributed by atoms with van der Waals surface area (Å²) in [6.07, 6.45) is 1.88. The van der Waals surface area contributed by atoms with Crippen LogP contribution in [0.15, 0.2) is 24.3 Å². The number of hydrogen-bond donors (Lipinski definition) is 3. The van der Waals surface area contributed by atoms with Gasteiger partial charge in [-0.2, -0.15) is 0 Å². The average Bonchev–Trinajstić information content (AvgIpc) is 2.81. The van der Waals surface area contributed by atoms with Crippen molar-refractivity contribution in [2.24, 2.45) is 0 Å². The maximum atomic E-state index is 12.0. The minimum Gasteiger partial charge on any atom is -0.399 e. The molecule has 19 heavy (non-hydrogen) atoms. The molecule has 3 rings (SSSR count). The van der Waals surface area contributed by atoms with Crippen LogP contribution in [0.2, 0.25) is 0 Å². The first kappa shape index (κ1) is 11.6. The van der Waals surface area contributed by atoms with Crippen molar-refractivity contribution in [1.29, 1.82) is 0 Å². The van der Waals surface area contributed by atoms with E-state index >= 15 is 0 Å². The van der Waals surface area contributed by atoms with Gasteiger partial charge in [-0.3, -0.25) is 4.79 Å². The van der Waals surface area contributed by atoms with Crippen molar-refractivity contribution in [2.45, 2.75) is 13.8 Å². The molecular formula is C15H19N3O. The Bertz CT molecular complexity index is 720. The van der Waals surface area contributed by atoms with Gasteiger partial charge in [-0.1, -0.05) is 0 Å². The maximum absolute atomic E-state index is 12.0. The van der Waals surface area contributed by atoms with Crippen LogP contribution in [-0.2, 0) is 4.79 Å². The summed E-state index contributed by atoms with van der Waals surface area (Å²) in [7, 11) is 0. The molecule has 1 aromatic carbocycles. The first-order chi connectivity index (χ1) is 9.04. The van der Waals surface area contributed by atoms with Crippen molar-refractivity contribution in [3.05, 3.63) is 46.8 Å². The van der Waals surface area contributed by atoms with Crippen LogP contribution in [0.5, 0.6) is 0 Å². The molecule has 1 aliphatic rings. The predicted molar refractivity (Wildman–Crippen MR) is 81.8 cm³/mol. The SMILES string of the molecule is Cc1cc(C)c(/C=C2\C(=O)Nc3ccc(N)cc32)[nH]1.[HH].[HH]. The molecule has 0 aliphatic carbocycles. The monoisotopic (exact) mass is 257 g/mol. The number of nitrogen functional groups attached to an aromatic ring is 1. The quantitative estimate of drug-likeness (QED) is 0.542. The van der Waals surface area contributed by atoms with Crippen molar-refractivity contribution < 1.29 is 7.65 Å². The van der Waals surface area contributed by atoms with Crippen molar-refractivity contribution in [3.63, 3.8) is 0 Å². The van der Waals surface area contributed by atoms with E-state index in [1.165, 1.54) is 0 Å². The Morgan fingerprint density at radius 2 is 2.05 bits per heavy atom. The average molecular weight is 257 g/mol. The van der Waals surface area contributed by atoms with Crippen molar-refractivity contribution in [1.82, 2.24) is 4.98 Å². The van der Waals surface area contributed by atoms with E-state index < -0.39 is 0 Å². The number of carbonyl (C=O) groups is 1. The number of carbonyl (C=O) groups excluding carboxylic acids is 1. The van der Waals surface area contributed by atoms with E-state index in [1.54, 1.807) is 6.07 Å². The van der Waals surface area contributed by atoms with Crippen LogP contribution in [0.25, 0.3) is 11.6 Å². The number of anilines is 2. The molecule has 2 aromatic rings. The van der Waals surface area contributed by atoms with Crippen molar-refractivity contribution in [2.75, 3.05) is 11.1 Å². The van der Waals surface area contributed by atoms with Crippen LogP contribution in [-0.4, -0.2) is 10.9 Å². The standard InChI is InChI=1S/C15H15N3O.2H2/c1-8-5-9(2)17-14(8)7-12-11-6-10(16)3-4-13(11)18-15(12)19;;/h3-7,17H,16H2,1-2H3,(H,18,19);2*1H/b12-7-;;. The van der Waals surface area contributed by atoms with Gasteiger partial charge in [-0.05, 0) is 49.8 Å². The molecule has 0 unspecified atom stereocenters. The second-order valence-corrected chi connectivity index (χ2v) is 4.87. The van der Waals surface area contributed by atoms with Gasteiger partial charge in [0.15, 0.2) is 0 Å². The van der Waals surface area contributed by atoms with Gasteiger partial charge in [0.1, 0.15) is 0 Å². The molecule has 0 spiro atoms. The van der Waals surface area contributed by atoms with Gasteiger partial charge in [-0.15, -0.1) is 0 Å². The van der Waals surface area contributed by atoms with Gasteiger partial charge >= 0.3 is 0 Å². The second-order valence-electron chi connectivity index (χ2n) is 4.87. The van der Waals surface area contributed by atoms with E-state index in [1.807, 2.05) is 32.1 Å². The van der Waals surface area contributed by atoms with Gasteiger partial charge in [0.05, 0.1) is 5.57 Å². The summed E-state index contributed by atoms with van der Waals surface area (Å²) in [6, 6.07) is 7.49.